The molecule has 0 radical (unpaired) electrons. The van der Waals surface area contributed by atoms with Crippen LogP contribution in [0.15, 0.2) is 36.8 Å². The van der Waals surface area contributed by atoms with Gasteiger partial charge in [0.1, 0.15) is 6.33 Å². The van der Waals surface area contributed by atoms with E-state index in [1.165, 1.54) is 0 Å². The Morgan fingerprint density at radius 2 is 2.20 bits per heavy atom. The molecule has 7 nitrogen and oxygen atoms in total. The van der Waals surface area contributed by atoms with Crippen LogP contribution in [0.2, 0.25) is 0 Å². The molecular formula is C13H15N7. The van der Waals surface area contributed by atoms with Crippen LogP contribution < -0.4 is 5.32 Å². The number of benzene rings is 1. The van der Waals surface area contributed by atoms with Gasteiger partial charge in [-0.1, -0.05) is 6.07 Å². The molecule has 0 aliphatic rings. The fourth-order valence-electron chi connectivity index (χ4n) is 2.05. The minimum atomic E-state index is 0.141. The van der Waals surface area contributed by atoms with Crippen LogP contribution in [0.5, 0.6) is 0 Å². The second-order valence-corrected chi connectivity index (χ2v) is 4.63. The van der Waals surface area contributed by atoms with Crippen molar-refractivity contribution in [3.63, 3.8) is 0 Å². The van der Waals surface area contributed by atoms with Crippen molar-refractivity contribution in [2.45, 2.75) is 19.9 Å². The second-order valence-electron chi connectivity index (χ2n) is 4.63. The standard InChI is InChI=1S/C13H15N7/c1-9-3-4-11(7-13(9)20-8-15-18-19-20)16-10(2)12-5-6-14-17-12/h3-8,10,16H,1-2H3,(H,14,17). The fourth-order valence-corrected chi connectivity index (χ4v) is 2.05. The van der Waals surface area contributed by atoms with Gasteiger partial charge >= 0.3 is 0 Å². The molecule has 2 aromatic heterocycles. The summed E-state index contributed by atoms with van der Waals surface area (Å²) in [5, 5.41) is 21.6. The second kappa shape index (κ2) is 5.12. The van der Waals surface area contributed by atoms with E-state index in [4.69, 9.17) is 0 Å². The topological polar surface area (TPSA) is 84.3 Å². The van der Waals surface area contributed by atoms with Crippen molar-refractivity contribution in [3.8, 4) is 5.69 Å². The van der Waals surface area contributed by atoms with Gasteiger partial charge in [0.2, 0.25) is 0 Å². The number of hydrogen-bond acceptors (Lipinski definition) is 5. The van der Waals surface area contributed by atoms with E-state index in [9.17, 15) is 0 Å². The summed E-state index contributed by atoms with van der Waals surface area (Å²) in [6.07, 6.45) is 3.33. The monoisotopic (exact) mass is 269 g/mol. The maximum Gasteiger partial charge on any atom is 0.143 e. The molecule has 0 aliphatic carbocycles. The first kappa shape index (κ1) is 12.3. The quantitative estimate of drug-likeness (QED) is 0.755. The summed E-state index contributed by atoms with van der Waals surface area (Å²) in [5.74, 6) is 0. The van der Waals surface area contributed by atoms with E-state index < -0.39 is 0 Å². The summed E-state index contributed by atoms with van der Waals surface area (Å²) in [5.41, 5.74) is 4.10. The van der Waals surface area contributed by atoms with E-state index in [2.05, 4.69) is 38.0 Å². The third-order valence-corrected chi connectivity index (χ3v) is 3.18. The summed E-state index contributed by atoms with van der Waals surface area (Å²) in [6, 6.07) is 8.20. The highest BCUT2D eigenvalue weighted by atomic mass is 15.5. The zero-order valence-electron chi connectivity index (χ0n) is 11.3. The normalized spacial score (nSPS) is 12.3. The van der Waals surface area contributed by atoms with Gasteiger partial charge in [-0.2, -0.15) is 5.10 Å². The van der Waals surface area contributed by atoms with Crippen LogP contribution in [-0.4, -0.2) is 30.4 Å². The number of H-pyrrole nitrogens is 1. The minimum Gasteiger partial charge on any atom is -0.377 e. The zero-order chi connectivity index (χ0) is 13.9. The Morgan fingerprint density at radius 3 is 2.90 bits per heavy atom. The zero-order valence-corrected chi connectivity index (χ0v) is 11.3. The average Bonchev–Trinajstić information content (AvgIpc) is 3.14. The molecular weight excluding hydrogens is 254 g/mol. The largest absolute Gasteiger partial charge is 0.377 e. The van der Waals surface area contributed by atoms with Crippen LogP contribution in [-0.2, 0) is 0 Å². The molecule has 0 fully saturated rings. The highest BCUT2D eigenvalue weighted by Gasteiger charge is 2.09. The van der Waals surface area contributed by atoms with Gasteiger partial charge in [0, 0.05) is 11.9 Å². The lowest BCUT2D eigenvalue weighted by atomic mass is 10.1. The van der Waals surface area contributed by atoms with Crippen LogP contribution >= 0.6 is 0 Å². The van der Waals surface area contributed by atoms with Gasteiger partial charge in [-0.25, -0.2) is 4.68 Å². The predicted octanol–water partition coefficient (Wildman–Crippen LogP) is 1.87. The smallest absolute Gasteiger partial charge is 0.143 e. The summed E-state index contributed by atoms with van der Waals surface area (Å²) in [6.45, 7) is 4.10. The van der Waals surface area contributed by atoms with E-state index in [0.717, 1.165) is 22.6 Å². The number of nitrogens with zero attached hydrogens (tertiary/aromatic N) is 5. The molecule has 0 amide bonds. The molecule has 2 heterocycles. The Labute approximate surface area is 116 Å². The van der Waals surface area contributed by atoms with E-state index in [-0.39, 0.29) is 6.04 Å². The lowest BCUT2D eigenvalue weighted by Gasteiger charge is -2.15. The average molecular weight is 269 g/mol. The van der Waals surface area contributed by atoms with Gasteiger partial charge in [0.05, 0.1) is 17.4 Å². The Balaban J connectivity index is 1.86. The Hall–Kier alpha value is -2.70. The van der Waals surface area contributed by atoms with Crippen molar-refractivity contribution >= 4 is 5.69 Å². The number of tetrazole rings is 1. The summed E-state index contributed by atoms with van der Waals surface area (Å²) >= 11 is 0. The minimum absolute atomic E-state index is 0.141. The van der Waals surface area contributed by atoms with Crippen molar-refractivity contribution in [2.75, 3.05) is 5.32 Å². The third kappa shape index (κ3) is 2.37. The van der Waals surface area contributed by atoms with Crippen molar-refractivity contribution < 1.29 is 0 Å². The number of aryl methyl sites for hydroxylation is 1. The van der Waals surface area contributed by atoms with Crippen molar-refractivity contribution in [3.05, 3.63) is 48.0 Å². The molecule has 1 atom stereocenters. The van der Waals surface area contributed by atoms with Crippen LogP contribution in [0.4, 0.5) is 5.69 Å². The fraction of sp³-hybridized carbons (Fsp3) is 0.231. The van der Waals surface area contributed by atoms with Crippen LogP contribution in [0.25, 0.3) is 5.69 Å². The van der Waals surface area contributed by atoms with Gasteiger partial charge in [-0.15, -0.1) is 5.10 Å². The number of rotatable bonds is 4. The molecule has 0 saturated heterocycles. The highest BCUT2D eigenvalue weighted by Crippen LogP contribution is 2.22. The van der Waals surface area contributed by atoms with Gasteiger partial charge in [0.15, 0.2) is 0 Å². The molecule has 0 bridgehead atoms. The Morgan fingerprint density at radius 1 is 1.30 bits per heavy atom. The van der Waals surface area contributed by atoms with Gasteiger partial charge in [-0.05, 0) is 48.0 Å². The third-order valence-electron chi connectivity index (χ3n) is 3.18. The molecule has 0 spiro atoms. The lowest BCUT2D eigenvalue weighted by molar-refractivity contribution is 0.784. The van der Waals surface area contributed by atoms with Crippen LogP contribution in [0, 0.1) is 6.92 Å². The van der Waals surface area contributed by atoms with Crippen LogP contribution in [0.3, 0.4) is 0 Å². The molecule has 7 heteroatoms. The molecule has 20 heavy (non-hydrogen) atoms. The summed E-state index contributed by atoms with van der Waals surface area (Å²) in [7, 11) is 0. The molecule has 0 aliphatic heterocycles. The van der Waals surface area contributed by atoms with E-state index in [1.807, 2.05) is 31.2 Å². The molecule has 102 valence electrons. The predicted molar refractivity (Wildman–Crippen MR) is 74.5 cm³/mol. The van der Waals surface area contributed by atoms with E-state index >= 15 is 0 Å². The number of anilines is 1. The van der Waals surface area contributed by atoms with Crippen molar-refractivity contribution in [2.24, 2.45) is 0 Å². The van der Waals surface area contributed by atoms with Crippen molar-refractivity contribution in [1.29, 1.82) is 0 Å². The maximum absolute atomic E-state index is 3.96. The highest BCUT2D eigenvalue weighted by molar-refractivity contribution is 5.55. The first-order chi connectivity index (χ1) is 9.74. The van der Waals surface area contributed by atoms with E-state index in [0.29, 0.717) is 0 Å². The molecule has 3 rings (SSSR count). The lowest BCUT2D eigenvalue weighted by Crippen LogP contribution is -2.08. The Kier molecular flexibility index (Phi) is 3.16. The summed E-state index contributed by atoms with van der Waals surface area (Å²) < 4.78 is 1.65. The SMILES string of the molecule is Cc1ccc(NC(C)c2ccn[nH]2)cc1-n1cnnn1. The molecule has 1 unspecified atom stereocenters. The molecule has 3 aromatic rings. The van der Waals surface area contributed by atoms with Crippen LogP contribution in [0.1, 0.15) is 24.2 Å². The van der Waals surface area contributed by atoms with Gasteiger partial charge in [-0.3, -0.25) is 5.10 Å². The number of aromatic amines is 1. The molecule has 2 N–H and O–H groups in total. The number of aromatic nitrogens is 6. The maximum atomic E-state index is 3.96. The van der Waals surface area contributed by atoms with Gasteiger partial charge < -0.3 is 5.32 Å². The number of nitrogens with one attached hydrogen (secondary N) is 2. The first-order valence-electron chi connectivity index (χ1n) is 6.34. The van der Waals surface area contributed by atoms with Crippen molar-refractivity contribution in [1.82, 2.24) is 30.4 Å². The number of hydrogen-bond donors (Lipinski definition) is 2. The Bertz CT molecular complexity index is 673. The summed E-state index contributed by atoms with van der Waals surface area (Å²) in [4.78, 5) is 0. The van der Waals surface area contributed by atoms with Gasteiger partial charge in [0.25, 0.3) is 0 Å². The van der Waals surface area contributed by atoms with E-state index in [1.54, 1.807) is 17.2 Å². The molecule has 0 saturated carbocycles. The first-order valence-corrected chi connectivity index (χ1v) is 6.34. The molecule has 1 aromatic carbocycles.